The summed E-state index contributed by atoms with van der Waals surface area (Å²) in [5.74, 6) is -0.908. The predicted molar refractivity (Wildman–Crippen MR) is 89.6 cm³/mol. The first-order valence-electron chi connectivity index (χ1n) is 6.43. The number of hydrogen-bond acceptors (Lipinski definition) is 8. The molecule has 25 heavy (non-hydrogen) atoms. The summed E-state index contributed by atoms with van der Waals surface area (Å²) in [6.45, 7) is 0. The molecular formula is C11H14N10O3S. The van der Waals surface area contributed by atoms with Crippen LogP contribution >= 0.6 is 0 Å². The summed E-state index contributed by atoms with van der Waals surface area (Å²) in [7, 11) is -4.00. The number of sulfonamides is 1. The molecule has 2 aromatic rings. The third-order valence-electron chi connectivity index (χ3n) is 2.76. The van der Waals surface area contributed by atoms with E-state index < -0.39 is 22.0 Å². The minimum absolute atomic E-state index is 0.0454. The number of azo groups is 1. The van der Waals surface area contributed by atoms with Crippen molar-refractivity contribution in [3.63, 3.8) is 0 Å². The standard InChI is InChI=1S/C11H14N10O3S/c12-8-7(9(13)21(19-8)11(16)22)18-17-5-1-3-6(4-2-5)25(23,24)20-10(14)15/h1-4H,13H2,(H2,12,19)(H2,16,22)(H4,14,15,20). The maximum atomic E-state index is 11.8. The normalized spacial score (nSPS) is 11.5. The number of nitrogens with two attached hydrogens (primary N) is 5. The summed E-state index contributed by atoms with van der Waals surface area (Å²) in [6.07, 6.45) is 0. The quantitative estimate of drug-likeness (QED) is 0.264. The summed E-state index contributed by atoms with van der Waals surface area (Å²) < 4.78 is 27.4. The van der Waals surface area contributed by atoms with Crippen LogP contribution in [0.3, 0.4) is 0 Å². The summed E-state index contributed by atoms with van der Waals surface area (Å²) >= 11 is 0. The molecule has 0 saturated heterocycles. The molecule has 14 heteroatoms. The van der Waals surface area contributed by atoms with Gasteiger partial charge in [0.25, 0.3) is 10.0 Å². The lowest BCUT2D eigenvalue weighted by molar-refractivity contribution is 0.248. The van der Waals surface area contributed by atoms with E-state index in [1.54, 1.807) is 0 Å². The molecule has 0 bridgehead atoms. The highest BCUT2D eigenvalue weighted by Gasteiger charge is 2.16. The molecule has 0 aliphatic carbocycles. The molecule has 132 valence electrons. The second-order valence-electron chi connectivity index (χ2n) is 4.55. The number of primary amides is 1. The number of benzene rings is 1. The molecule has 1 aromatic heterocycles. The Morgan fingerprint density at radius 1 is 1.04 bits per heavy atom. The van der Waals surface area contributed by atoms with Gasteiger partial charge in [0, 0.05) is 0 Å². The molecule has 0 unspecified atom stereocenters. The van der Waals surface area contributed by atoms with Crippen LogP contribution in [0.25, 0.3) is 0 Å². The Balaban J connectivity index is 2.30. The van der Waals surface area contributed by atoms with Crippen molar-refractivity contribution in [1.82, 2.24) is 9.78 Å². The third-order valence-corrected chi connectivity index (χ3v) is 4.07. The summed E-state index contributed by atoms with van der Waals surface area (Å²) in [5, 5.41) is 11.2. The molecule has 0 fully saturated rings. The van der Waals surface area contributed by atoms with Crippen LogP contribution in [0, 0.1) is 0 Å². The fourth-order valence-electron chi connectivity index (χ4n) is 1.69. The van der Waals surface area contributed by atoms with Crippen LogP contribution in [0.2, 0.25) is 0 Å². The van der Waals surface area contributed by atoms with Crippen molar-refractivity contribution in [3.8, 4) is 0 Å². The van der Waals surface area contributed by atoms with Gasteiger partial charge in [0.2, 0.25) is 5.96 Å². The molecule has 0 spiro atoms. The van der Waals surface area contributed by atoms with Crippen molar-refractivity contribution in [2.24, 2.45) is 31.8 Å². The zero-order valence-electron chi connectivity index (χ0n) is 12.6. The van der Waals surface area contributed by atoms with Gasteiger partial charge in [-0.1, -0.05) is 0 Å². The number of amides is 1. The van der Waals surface area contributed by atoms with E-state index in [0.29, 0.717) is 4.68 Å². The van der Waals surface area contributed by atoms with E-state index >= 15 is 0 Å². The van der Waals surface area contributed by atoms with Gasteiger partial charge in [0.1, 0.15) is 0 Å². The van der Waals surface area contributed by atoms with Gasteiger partial charge in [-0.15, -0.1) is 14.6 Å². The van der Waals surface area contributed by atoms with Gasteiger partial charge in [0.15, 0.2) is 17.3 Å². The molecule has 0 radical (unpaired) electrons. The SMILES string of the molecule is NC(=O)n1nc(N)c(N=Nc2ccc(S(=O)(=O)N=C(N)N)cc2)c1N. The second kappa shape index (κ2) is 6.44. The monoisotopic (exact) mass is 366 g/mol. The first kappa shape index (κ1) is 17.7. The lowest BCUT2D eigenvalue weighted by atomic mass is 10.3. The van der Waals surface area contributed by atoms with Crippen molar-refractivity contribution in [2.45, 2.75) is 4.90 Å². The maximum Gasteiger partial charge on any atom is 0.341 e. The van der Waals surface area contributed by atoms with Gasteiger partial charge in [-0.05, 0) is 24.3 Å². The first-order chi connectivity index (χ1) is 11.6. The van der Waals surface area contributed by atoms with Crippen molar-refractivity contribution >= 4 is 45.0 Å². The molecule has 10 N–H and O–H groups in total. The van der Waals surface area contributed by atoms with Crippen LogP contribution in [0.15, 0.2) is 43.8 Å². The van der Waals surface area contributed by atoms with E-state index in [4.69, 9.17) is 28.7 Å². The van der Waals surface area contributed by atoms with Gasteiger partial charge in [0.05, 0.1) is 10.6 Å². The van der Waals surface area contributed by atoms with Crippen molar-refractivity contribution in [2.75, 3.05) is 11.5 Å². The highest BCUT2D eigenvalue weighted by atomic mass is 32.2. The number of carbonyl (C=O) groups excluding carboxylic acids is 1. The van der Waals surface area contributed by atoms with E-state index in [-0.39, 0.29) is 27.9 Å². The maximum absolute atomic E-state index is 11.8. The molecule has 1 aromatic carbocycles. The molecule has 1 heterocycles. The lowest BCUT2D eigenvalue weighted by Gasteiger charge is -1.99. The number of anilines is 2. The van der Waals surface area contributed by atoms with Crippen LogP contribution in [-0.4, -0.2) is 30.2 Å². The van der Waals surface area contributed by atoms with Crippen molar-refractivity contribution < 1.29 is 13.2 Å². The molecule has 13 nitrogen and oxygen atoms in total. The van der Waals surface area contributed by atoms with E-state index in [1.807, 2.05) is 0 Å². The summed E-state index contributed by atoms with van der Waals surface area (Å²) in [5.41, 5.74) is 26.6. The average Bonchev–Trinajstić information content (AvgIpc) is 2.79. The Kier molecular flexibility index (Phi) is 4.55. The molecule has 0 aliphatic rings. The van der Waals surface area contributed by atoms with Crippen LogP contribution in [-0.2, 0) is 10.0 Å². The fraction of sp³-hybridized carbons (Fsp3) is 0. The average molecular weight is 366 g/mol. The minimum Gasteiger partial charge on any atom is -0.382 e. The van der Waals surface area contributed by atoms with Crippen LogP contribution in [0.5, 0.6) is 0 Å². The Morgan fingerprint density at radius 2 is 1.64 bits per heavy atom. The zero-order chi connectivity index (χ0) is 18.8. The third kappa shape index (κ3) is 3.81. The molecule has 0 saturated carbocycles. The van der Waals surface area contributed by atoms with Gasteiger partial charge in [-0.25, -0.2) is 4.79 Å². The fourth-order valence-corrected chi connectivity index (χ4v) is 2.56. The number of aromatic nitrogens is 2. The molecule has 2 rings (SSSR count). The largest absolute Gasteiger partial charge is 0.382 e. The Hall–Kier alpha value is -3.68. The van der Waals surface area contributed by atoms with E-state index in [9.17, 15) is 13.2 Å². The Morgan fingerprint density at radius 3 is 2.12 bits per heavy atom. The molecule has 0 atom stereocenters. The van der Waals surface area contributed by atoms with Crippen LogP contribution in [0.4, 0.5) is 27.8 Å². The smallest absolute Gasteiger partial charge is 0.341 e. The van der Waals surface area contributed by atoms with Crippen molar-refractivity contribution in [3.05, 3.63) is 24.3 Å². The van der Waals surface area contributed by atoms with Gasteiger partial charge in [-0.3, -0.25) is 0 Å². The van der Waals surface area contributed by atoms with Gasteiger partial charge >= 0.3 is 6.03 Å². The van der Waals surface area contributed by atoms with E-state index in [1.165, 1.54) is 24.3 Å². The predicted octanol–water partition coefficient (Wildman–Crippen LogP) is -0.648. The topological polar surface area (TPSA) is 236 Å². The summed E-state index contributed by atoms with van der Waals surface area (Å²) in [6, 6.07) is 4.23. The number of guanidine groups is 1. The zero-order valence-corrected chi connectivity index (χ0v) is 13.4. The molecule has 1 amide bonds. The van der Waals surface area contributed by atoms with Crippen LogP contribution in [0.1, 0.15) is 0 Å². The minimum atomic E-state index is -4.00. The number of hydrogen-bond donors (Lipinski definition) is 5. The van der Waals surface area contributed by atoms with Crippen LogP contribution < -0.4 is 28.7 Å². The molecular weight excluding hydrogens is 352 g/mol. The number of carbonyl (C=O) groups is 1. The lowest BCUT2D eigenvalue weighted by Crippen LogP contribution is -2.24. The van der Waals surface area contributed by atoms with Gasteiger partial charge < -0.3 is 28.7 Å². The summed E-state index contributed by atoms with van der Waals surface area (Å²) in [4.78, 5) is 11.0. The highest BCUT2D eigenvalue weighted by Crippen LogP contribution is 2.30. The number of rotatable bonds is 4. The highest BCUT2D eigenvalue weighted by molar-refractivity contribution is 7.90. The van der Waals surface area contributed by atoms with Gasteiger partial charge in [-0.2, -0.15) is 18.2 Å². The second-order valence-corrected chi connectivity index (χ2v) is 6.16. The molecule has 0 aliphatic heterocycles. The number of nitrogen functional groups attached to an aromatic ring is 2. The number of nitrogens with zero attached hydrogens (tertiary/aromatic N) is 5. The van der Waals surface area contributed by atoms with E-state index in [0.717, 1.165) is 0 Å². The Labute approximate surface area is 141 Å². The Bertz CT molecular complexity index is 970. The van der Waals surface area contributed by atoms with E-state index in [2.05, 4.69) is 19.7 Å². The first-order valence-corrected chi connectivity index (χ1v) is 7.87. The van der Waals surface area contributed by atoms with Crippen molar-refractivity contribution in [1.29, 1.82) is 0 Å².